The van der Waals surface area contributed by atoms with E-state index in [1.165, 1.54) is 13.1 Å². The average Bonchev–Trinajstić information content (AvgIpc) is 2.67. The lowest BCUT2D eigenvalue weighted by molar-refractivity contribution is -0.135. The van der Waals surface area contributed by atoms with Crippen molar-refractivity contribution in [1.82, 2.24) is 9.97 Å². The zero-order chi connectivity index (χ0) is 12.0. The molecule has 0 aliphatic heterocycles. The van der Waals surface area contributed by atoms with Gasteiger partial charge in [0.1, 0.15) is 11.5 Å². The van der Waals surface area contributed by atoms with Crippen molar-refractivity contribution in [3.05, 3.63) is 17.7 Å². The summed E-state index contributed by atoms with van der Waals surface area (Å²) in [5, 5.41) is 0. The minimum absolute atomic E-state index is 0.0249. The predicted octanol–water partition coefficient (Wildman–Crippen LogP) is 1.55. The molecule has 0 aromatic carbocycles. The molecule has 0 spiro atoms. The molecule has 0 radical (unpaired) electrons. The molecular weight excluding hydrogens is 208 g/mol. The first-order valence-electron chi connectivity index (χ1n) is 5.45. The van der Waals surface area contributed by atoms with Crippen molar-refractivity contribution in [3.63, 3.8) is 0 Å². The van der Waals surface area contributed by atoms with E-state index >= 15 is 0 Å². The number of aromatic nitrogens is 2. The van der Waals surface area contributed by atoms with Crippen molar-refractivity contribution in [2.24, 2.45) is 0 Å². The van der Waals surface area contributed by atoms with Crippen LogP contribution in [0.25, 0.3) is 0 Å². The fraction of sp³-hybridized carbons (Fsp3) is 0.636. The molecule has 1 aromatic heterocycles. The van der Waals surface area contributed by atoms with Crippen molar-refractivity contribution in [2.45, 2.75) is 33.5 Å². The lowest BCUT2D eigenvalue weighted by atomic mass is 10.3. The SMILES string of the molecule is CCOC(Cc1ncc(C(C)=O)[nH]1)OCC. The van der Waals surface area contributed by atoms with Crippen molar-refractivity contribution < 1.29 is 14.3 Å². The number of H-pyrrole nitrogens is 1. The van der Waals surface area contributed by atoms with E-state index in [2.05, 4.69) is 9.97 Å². The van der Waals surface area contributed by atoms with Crippen LogP contribution in [0.3, 0.4) is 0 Å². The number of hydrogen-bond acceptors (Lipinski definition) is 4. The largest absolute Gasteiger partial charge is 0.352 e. The van der Waals surface area contributed by atoms with Crippen LogP contribution in [0, 0.1) is 0 Å². The molecule has 0 saturated carbocycles. The second-order valence-corrected chi connectivity index (χ2v) is 3.34. The molecule has 0 fully saturated rings. The summed E-state index contributed by atoms with van der Waals surface area (Å²) in [6, 6.07) is 0. The molecule has 0 unspecified atom stereocenters. The molecule has 0 aliphatic carbocycles. The minimum atomic E-state index is -0.305. The van der Waals surface area contributed by atoms with E-state index in [0.29, 0.717) is 31.2 Å². The van der Waals surface area contributed by atoms with Gasteiger partial charge in [-0.2, -0.15) is 0 Å². The highest BCUT2D eigenvalue weighted by Gasteiger charge is 2.12. The summed E-state index contributed by atoms with van der Waals surface area (Å²) in [7, 11) is 0. The molecule has 1 rings (SSSR count). The van der Waals surface area contributed by atoms with Gasteiger partial charge in [0.2, 0.25) is 0 Å². The lowest BCUT2D eigenvalue weighted by Crippen LogP contribution is -2.20. The number of hydrogen-bond donors (Lipinski definition) is 1. The number of ether oxygens (including phenoxy) is 2. The lowest BCUT2D eigenvalue weighted by Gasteiger charge is -2.15. The monoisotopic (exact) mass is 226 g/mol. The maximum atomic E-state index is 11.1. The molecule has 1 aromatic rings. The number of imidazole rings is 1. The Morgan fingerprint density at radius 3 is 2.50 bits per heavy atom. The van der Waals surface area contributed by atoms with E-state index in [-0.39, 0.29) is 12.1 Å². The van der Waals surface area contributed by atoms with Crippen LogP contribution < -0.4 is 0 Å². The van der Waals surface area contributed by atoms with Gasteiger partial charge in [-0.1, -0.05) is 0 Å². The van der Waals surface area contributed by atoms with Crippen molar-refractivity contribution in [3.8, 4) is 0 Å². The Hall–Kier alpha value is -1.20. The molecule has 1 heterocycles. The van der Waals surface area contributed by atoms with Crippen LogP contribution in [0.2, 0.25) is 0 Å². The van der Waals surface area contributed by atoms with Gasteiger partial charge >= 0.3 is 0 Å². The van der Waals surface area contributed by atoms with Crippen molar-refractivity contribution in [1.29, 1.82) is 0 Å². The number of rotatable bonds is 7. The molecule has 5 heteroatoms. The van der Waals surface area contributed by atoms with E-state index in [9.17, 15) is 4.79 Å². The van der Waals surface area contributed by atoms with Crippen LogP contribution in [-0.2, 0) is 15.9 Å². The molecule has 5 nitrogen and oxygen atoms in total. The number of ketones is 1. The van der Waals surface area contributed by atoms with E-state index in [1.807, 2.05) is 13.8 Å². The van der Waals surface area contributed by atoms with E-state index in [0.717, 1.165) is 0 Å². The summed E-state index contributed by atoms with van der Waals surface area (Å²) in [5.74, 6) is 0.681. The van der Waals surface area contributed by atoms with E-state index < -0.39 is 0 Å². The first kappa shape index (κ1) is 12.9. The van der Waals surface area contributed by atoms with Crippen LogP contribution >= 0.6 is 0 Å². The second-order valence-electron chi connectivity index (χ2n) is 3.34. The summed E-state index contributed by atoms with van der Waals surface area (Å²) in [6.07, 6.45) is 1.75. The quantitative estimate of drug-likeness (QED) is 0.566. The molecule has 0 saturated heterocycles. The first-order valence-corrected chi connectivity index (χ1v) is 5.45. The Morgan fingerprint density at radius 2 is 2.06 bits per heavy atom. The van der Waals surface area contributed by atoms with Gasteiger partial charge in [0.05, 0.1) is 12.6 Å². The summed E-state index contributed by atoms with van der Waals surface area (Å²) in [6.45, 7) is 6.50. The molecule has 0 bridgehead atoms. The maximum absolute atomic E-state index is 11.1. The molecule has 0 atom stereocenters. The van der Waals surface area contributed by atoms with Gasteiger partial charge in [-0.15, -0.1) is 0 Å². The van der Waals surface area contributed by atoms with Gasteiger partial charge in [-0.25, -0.2) is 4.98 Å². The highest BCUT2D eigenvalue weighted by molar-refractivity contribution is 5.91. The molecule has 16 heavy (non-hydrogen) atoms. The second kappa shape index (κ2) is 6.40. The Balaban J connectivity index is 2.58. The molecule has 1 N–H and O–H groups in total. The van der Waals surface area contributed by atoms with Gasteiger partial charge in [-0.3, -0.25) is 4.79 Å². The van der Waals surface area contributed by atoms with Gasteiger partial charge in [0.15, 0.2) is 12.1 Å². The number of aromatic amines is 1. The van der Waals surface area contributed by atoms with Crippen LogP contribution in [0.5, 0.6) is 0 Å². The number of nitrogens with zero attached hydrogens (tertiary/aromatic N) is 1. The molecular formula is C11H18N2O3. The third-order valence-corrected chi connectivity index (χ3v) is 2.07. The summed E-state index contributed by atoms with van der Waals surface area (Å²) >= 11 is 0. The van der Waals surface area contributed by atoms with Crippen molar-refractivity contribution in [2.75, 3.05) is 13.2 Å². The van der Waals surface area contributed by atoms with Crippen molar-refractivity contribution >= 4 is 5.78 Å². The van der Waals surface area contributed by atoms with Gasteiger partial charge in [0.25, 0.3) is 0 Å². The highest BCUT2D eigenvalue weighted by Crippen LogP contribution is 2.05. The smallest absolute Gasteiger partial charge is 0.177 e. The molecule has 0 amide bonds. The Labute approximate surface area is 95.2 Å². The van der Waals surface area contributed by atoms with Gasteiger partial charge in [0, 0.05) is 20.1 Å². The Kier molecular flexibility index (Phi) is 5.14. The Bertz CT molecular complexity index is 330. The fourth-order valence-corrected chi connectivity index (χ4v) is 1.34. The standard InChI is InChI=1S/C11H18N2O3/c1-4-15-11(16-5-2)6-10-12-7-9(13-10)8(3)14/h7,11H,4-6H2,1-3H3,(H,12,13). The zero-order valence-corrected chi connectivity index (χ0v) is 9.95. The van der Waals surface area contributed by atoms with Crippen LogP contribution in [0.1, 0.15) is 37.1 Å². The number of nitrogens with one attached hydrogen (secondary N) is 1. The third kappa shape index (κ3) is 3.75. The highest BCUT2D eigenvalue weighted by atomic mass is 16.7. The minimum Gasteiger partial charge on any atom is -0.352 e. The summed E-state index contributed by atoms with van der Waals surface area (Å²) < 4.78 is 10.8. The van der Waals surface area contributed by atoms with Gasteiger partial charge < -0.3 is 14.5 Å². The van der Waals surface area contributed by atoms with E-state index in [1.54, 1.807) is 0 Å². The Morgan fingerprint density at radius 1 is 1.44 bits per heavy atom. The number of carbonyl (C=O) groups excluding carboxylic acids is 1. The normalized spacial score (nSPS) is 11.0. The first-order chi connectivity index (χ1) is 7.67. The third-order valence-electron chi connectivity index (χ3n) is 2.07. The summed E-state index contributed by atoms with van der Waals surface area (Å²) in [5.41, 5.74) is 0.516. The van der Waals surface area contributed by atoms with Gasteiger partial charge in [-0.05, 0) is 13.8 Å². The average molecular weight is 226 g/mol. The molecule has 90 valence electrons. The molecule has 0 aliphatic rings. The van der Waals surface area contributed by atoms with Crippen LogP contribution in [-0.4, -0.2) is 35.3 Å². The van der Waals surface area contributed by atoms with Crippen LogP contribution in [0.15, 0.2) is 6.20 Å². The predicted molar refractivity (Wildman–Crippen MR) is 59.3 cm³/mol. The maximum Gasteiger partial charge on any atom is 0.177 e. The zero-order valence-electron chi connectivity index (χ0n) is 9.95. The van der Waals surface area contributed by atoms with Crippen LogP contribution in [0.4, 0.5) is 0 Å². The summed E-state index contributed by atoms with van der Waals surface area (Å²) in [4.78, 5) is 18.1. The topological polar surface area (TPSA) is 64.2 Å². The number of carbonyl (C=O) groups is 1. The van der Waals surface area contributed by atoms with E-state index in [4.69, 9.17) is 9.47 Å². The fourth-order valence-electron chi connectivity index (χ4n) is 1.34. The number of Topliss-reactive ketones (excluding diaryl/α,β-unsaturated/α-hetero) is 1.